The smallest absolute Gasteiger partial charge is 0.126 e. The predicted molar refractivity (Wildman–Crippen MR) is 127 cm³/mol. The van der Waals surface area contributed by atoms with Crippen molar-refractivity contribution in [2.75, 3.05) is 13.2 Å². The van der Waals surface area contributed by atoms with E-state index in [9.17, 15) is 0 Å². The van der Waals surface area contributed by atoms with E-state index in [1.54, 1.807) is 0 Å². The van der Waals surface area contributed by atoms with Crippen LogP contribution in [0.25, 0.3) is 0 Å². The monoisotopic (exact) mass is 400 g/mol. The highest BCUT2D eigenvalue weighted by Crippen LogP contribution is 2.33. The maximum absolute atomic E-state index is 6.24. The number of hydrogen-bond acceptors (Lipinski definition) is 2. The second-order valence-corrected chi connectivity index (χ2v) is 8.24. The molecule has 2 nitrogen and oxygen atoms in total. The van der Waals surface area contributed by atoms with Crippen molar-refractivity contribution in [2.45, 2.75) is 99.3 Å². The van der Waals surface area contributed by atoms with E-state index in [0.29, 0.717) is 6.61 Å². The molecule has 164 valence electrons. The molecule has 0 atom stereocenters. The third-order valence-corrected chi connectivity index (χ3v) is 5.10. The average molecular weight is 401 g/mol. The Hall–Kier alpha value is -1.70. The lowest BCUT2D eigenvalue weighted by molar-refractivity contribution is 0.297. The fourth-order valence-corrected chi connectivity index (χ4v) is 3.31. The second kappa shape index (κ2) is 15.2. The van der Waals surface area contributed by atoms with Gasteiger partial charge in [-0.05, 0) is 83.9 Å². The quantitative estimate of drug-likeness (QED) is 0.218. The number of unbranched alkanes of at least 4 members (excludes halogenated alkanes) is 3. The summed E-state index contributed by atoms with van der Waals surface area (Å²) >= 11 is 0. The number of benzene rings is 1. The van der Waals surface area contributed by atoms with Crippen molar-refractivity contribution >= 4 is 0 Å². The SMILES string of the molecule is CCCCCc1cc(OCC)c(C/C=C(\C)CCC=C(C)C)c(OCCCC)c1. The van der Waals surface area contributed by atoms with Gasteiger partial charge in [0.1, 0.15) is 11.5 Å². The molecule has 1 rings (SSSR count). The number of allylic oxidation sites excluding steroid dienone is 4. The minimum absolute atomic E-state index is 0.684. The van der Waals surface area contributed by atoms with E-state index in [4.69, 9.17) is 9.47 Å². The Morgan fingerprint density at radius 3 is 2.17 bits per heavy atom. The number of rotatable bonds is 15. The first-order valence-electron chi connectivity index (χ1n) is 11.7. The molecule has 0 fully saturated rings. The van der Waals surface area contributed by atoms with Gasteiger partial charge in [-0.1, -0.05) is 56.4 Å². The molecule has 0 aliphatic carbocycles. The molecule has 1 aromatic carbocycles. The topological polar surface area (TPSA) is 18.5 Å². The van der Waals surface area contributed by atoms with Crippen molar-refractivity contribution in [3.8, 4) is 11.5 Å². The molecular formula is C27H44O2. The summed E-state index contributed by atoms with van der Waals surface area (Å²) in [5.41, 5.74) is 5.35. The largest absolute Gasteiger partial charge is 0.493 e. The summed E-state index contributed by atoms with van der Waals surface area (Å²) in [7, 11) is 0. The zero-order chi connectivity index (χ0) is 21.5. The van der Waals surface area contributed by atoms with Crippen LogP contribution in [0.5, 0.6) is 11.5 Å². The van der Waals surface area contributed by atoms with Crippen LogP contribution in [-0.4, -0.2) is 13.2 Å². The summed E-state index contributed by atoms with van der Waals surface area (Å²) in [6.07, 6.45) is 14.8. The summed E-state index contributed by atoms with van der Waals surface area (Å²) < 4.78 is 12.3. The predicted octanol–water partition coefficient (Wildman–Crippen LogP) is 8.23. The molecule has 0 saturated heterocycles. The molecule has 0 spiro atoms. The lowest BCUT2D eigenvalue weighted by Gasteiger charge is -2.17. The minimum atomic E-state index is 0.684. The Bertz CT molecular complexity index is 636. The van der Waals surface area contributed by atoms with Crippen LogP contribution in [0.1, 0.15) is 97.6 Å². The van der Waals surface area contributed by atoms with Crippen LogP contribution in [0.15, 0.2) is 35.4 Å². The molecule has 0 heterocycles. The highest BCUT2D eigenvalue weighted by atomic mass is 16.5. The maximum atomic E-state index is 6.24. The first-order chi connectivity index (χ1) is 14.0. The summed E-state index contributed by atoms with van der Waals surface area (Å²) in [5, 5.41) is 0. The molecule has 0 aliphatic rings. The molecule has 0 aromatic heterocycles. The summed E-state index contributed by atoms with van der Waals surface area (Å²) in [5.74, 6) is 2.02. The van der Waals surface area contributed by atoms with Crippen molar-refractivity contribution in [1.29, 1.82) is 0 Å². The van der Waals surface area contributed by atoms with E-state index >= 15 is 0 Å². The van der Waals surface area contributed by atoms with Crippen LogP contribution in [-0.2, 0) is 12.8 Å². The molecule has 0 unspecified atom stereocenters. The van der Waals surface area contributed by atoms with Crippen LogP contribution in [0.3, 0.4) is 0 Å². The van der Waals surface area contributed by atoms with Gasteiger partial charge in [-0.3, -0.25) is 0 Å². The Labute approximate surface area is 180 Å². The maximum Gasteiger partial charge on any atom is 0.126 e. The third-order valence-electron chi connectivity index (χ3n) is 5.10. The Balaban J connectivity index is 3.06. The summed E-state index contributed by atoms with van der Waals surface area (Å²) in [6.45, 7) is 14.5. The van der Waals surface area contributed by atoms with Crippen molar-refractivity contribution < 1.29 is 9.47 Å². The molecule has 1 aromatic rings. The molecule has 29 heavy (non-hydrogen) atoms. The van der Waals surface area contributed by atoms with E-state index in [1.807, 2.05) is 0 Å². The third kappa shape index (κ3) is 10.6. The van der Waals surface area contributed by atoms with Crippen LogP contribution in [0, 0.1) is 0 Å². The molecular weight excluding hydrogens is 356 g/mol. The highest BCUT2D eigenvalue weighted by molar-refractivity contribution is 5.49. The van der Waals surface area contributed by atoms with E-state index in [0.717, 1.165) is 56.6 Å². The molecule has 0 saturated carbocycles. The number of aryl methyl sites for hydroxylation is 1. The fourth-order valence-electron chi connectivity index (χ4n) is 3.31. The van der Waals surface area contributed by atoms with Crippen molar-refractivity contribution in [3.63, 3.8) is 0 Å². The van der Waals surface area contributed by atoms with Crippen LogP contribution < -0.4 is 9.47 Å². The molecule has 0 amide bonds. The summed E-state index contributed by atoms with van der Waals surface area (Å²) in [4.78, 5) is 0. The fraction of sp³-hybridized carbons (Fsp3) is 0.630. The zero-order valence-corrected chi connectivity index (χ0v) is 19.9. The van der Waals surface area contributed by atoms with E-state index in [2.05, 4.69) is 65.8 Å². The highest BCUT2D eigenvalue weighted by Gasteiger charge is 2.13. The van der Waals surface area contributed by atoms with Crippen LogP contribution >= 0.6 is 0 Å². The van der Waals surface area contributed by atoms with E-state index in [-0.39, 0.29) is 0 Å². The van der Waals surface area contributed by atoms with E-state index < -0.39 is 0 Å². The van der Waals surface area contributed by atoms with Crippen LogP contribution in [0.2, 0.25) is 0 Å². The molecule has 0 aliphatic heterocycles. The Kier molecular flexibility index (Phi) is 13.3. The van der Waals surface area contributed by atoms with E-state index in [1.165, 1.54) is 41.5 Å². The van der Waals surface area contributed by atoms with Gasteiger partial charge in [0.15, 0.2) is 0 Å². The van der Waals surface area contributed by atoms with Gasteiger partial charge in [0.25, 0.3) is 0 Å². The first-order valence-corrected chi connectivity index (χ1v) is 11.7. The lowest BCUT2D eigenvalue weighted by atomic mass is 10.00. The van der Waals surface area contributed by atoms with Gasteiger partial charge in [0.05, 0.1) is 13.2 Å². The van der Waals surface area contributed by atoms with Gasteiger partial charge in [-0.25, -0.2) is 0 Å². The van der Waals surface area contributed by atoms with Gasteiger partial charge >= 0.3 is 0 Å². The lowest BCUT2D eigenvalue weighted by Crippen LogP contribution is -2.05. The molecule has 0 radical (unpaired) electrons. The van der Waals surface area contributed by atoms with Gasteiger partial charge in [-0.2, -0.15) is 0 Å². The second-order valence-electron chi connectivity index (χ2n) is 8.24. The molecule has 2 heteroatoms. The van der Waals surface area contributed by atoms with Crippen molar-refractivity contribution in [3.05, 3.63) is 46.6 Å². The standard InChI is InChI=1S/C27H44O2/c1-7-10-12-16-24-20-26(28-9-3)25(27(21-24)29-19-11-8-2)18-17-23(6)15-13-14-22(4)5/h14,17,20-21H,7-13,15-16,18-19H2,1-6H3/b23-17+. The van der Waals surface area contributed by atoms with Crippen LogP contribution in [0.4, 0.5) is 0 Å². The Morgan fingerprint density at radius 1 is 0.862 bits per heavy atom. The zero-order valence-electron chi connectivity index (χ0n) is 19.9. The summed E-state index contributed by atoms with van der Waals surface area (Å²) in [6, 6.07) is 4.50. The molecule has 0 N–H and O–H groups in total. The number of ether oxygens (including phenoxy) is 2. The number of hydrogen-bond donors (Lipinski definition) is 0. The van der Waals surface area contributed by atoms with Crippen molar-refractivity contribution in [1.82, 2.24) is 0 Å². The molecule has 0 bridgehead atoms. The first kappa shape index (κ1) is 25.3. The van der Waals surface area contributed by atoms with Crippen molar-refractivity contribution in [2.24, 2.45) is 0 Å². The minimum Gasteiger partial charge on any atom is -0.493 e. The van der Waals surface area contributed by atoms with Gasteiger partial charge in [0, 0.05) is 5.56 Å². The van der Waals surface area contributed by atoms with Gasteiger partial charge < -0.3 is 9.47 Å². The van der Waals surface area contributed by atoms with Gasteiger partial charge in [-0.15, -0.1) is 0 Å². The Morgan fingerprint density at radius 2 is 1.55 bits per heavy atom. The normalized spacial score (nSPS) is 11.4. The average Bonchev–Trinajstić information content (AvgIpc) is 2.67. The van der Waals surface area contributed by atoms with Gasteiger partial charge in [0.2, 0.25) is 0 Å².